The molecule has 0 spiro atoms. The van der Waals surface area contributed by atoms with Crippen molar-refractivity contribution in [2.75, 3.05) is 24.3 Å². The van der Waals surface area contributed by atoms with E-state index in [1.165, 1.54) is 0 Å². The van der Waals surface area contributed by atoms with Crippen molar-refractivity contribution in [3.63, 3.8) is 0 Å². The molecule has 0 atom stereocenters. The highest BCUT2D eigenvalue weighted by atomic mass is 16.5. The molecule has 1 aromatic heterocycles. The van der Waals surface area contributed by atoms with E-state index in [0.717, 1.165) is 34.2 Å². The second-order valence-electron chi connectivity index (χ2n) is 5.84. The molecule has 1 heterocycles. The number of hydrogen-bond donors (Lipinski definition) is 1. The zero-order valence-corrected chi connectivity index (χ0v) is 14.1. The molecule has 22 heavy (non-hydrogen) atoms. The summed E-state index contributed by atoms with van der Waals surface area (Å²) >= 11 is 0. The van der Waals surface area contributed by atoms with Gasteiger partial charge in [-0.2, -0.15) is 0 Å². The highest BCUT2D eigenvalue weighted by molar-refractivity contribution is 5.75. The molecule has 1 aromatic carbocycles. The van der Waals surface area contributed by atoms with Crippen LogP contribution in [0, 0.1) is 13.8 Å². The first-order chi connectivity index (χ1) is 10.4. The van der Waals surface area contributed by atoms with Crippen LogP contribution < -0.4 is 15.0 Å². The van der Waals surface area contributed by atoms with Gasteiger partial charge in [-0.1, -0.05) is 6.07 Å². The first kappa shape index (κ1) is 16.1. The molecule has 2 rings (SSSR count). The van der Waals surface area contributed by atoms with E-state index in [1.54, 1.807) is 6.33 Å². The molecule has 0 aliphatic rings. The van der Waals surface area contributed by atoms with Gasteiger partial charge in [0, 0.05) is 14.1 Å². The van der Waals surface area contributed by atoms with Gasteiger partial charge in [0.15, 0.2) is 5.82 Å². The van der Waals surface area contributed by atoms with Crippen molar-refractivity contribution in [3.05, 3.63) is 35.8 Å². The fraction of sp³-hybridized carbons (Fsp3) is 0.412. The molecule has 0 radical (unpaired) electrons. The number of aromatic nitrogens is 2. The van der Waals surface area contributed by atoms with Crippen LogP contribution in [0.15, 0.2) is 24.5 Å². The van der Waals surface area contributed by atoms with E-state index in [9.17, 15) is 0 Å². The largest absolute Gasteiger partial charge is 0.489 e. The smallest absolute Gasteiger partial charge is 0.157 e. The molecule has 0 saturated heterocycles. The highest BCUT2D eigenvalue weighted by Gasteiger charge is 2.13. The number of benzene rings is 1. The first-order valence-corrected chi connectivity index (χ1v) is 7.41. The molecule has 1 N–H and O–H groups in total. The minimum Gasteiger partial charge on any atom is -0.489 e. The summed E-state index contributed by atoms with van der Waals surface area (Å²) in [4.78, 5) is 10.7. The van der Waals surface area contributed by atoms with Crippen molar-refractivity contribution in [3.8, 4) is 5.75 Å². The van der Waals surface area contributed by atoms with Crippen LogP contribution in [0.1, 0.15) is 25.1 Å². The number of ether oxygens (including phenoxy) is 1. The van der Waals surface area contributed by atoms with Crippen LogP contribution in [0.5, 0.6) is 5.75 Å². The first-order valence-electron chi connectivity index (χ1n) is 7.41. The van der Waals surface area contributed by atoms with Crippen LogP contribution in [0.4, 0.5) is 17.2 Å². The summed E-state index contributed by atoms with van der Waals surface area (Å²) in [6, 6.07) is 6.11. The van der Waals surface area contributed by atoms with Gasteiger partial charge in [0.05, 0.1) is 17.5 Å². The van der Waals surface area contributed by atoms with E-state index < -0.39 is 0 Å². The zero-order valence-electron chi connectivity index (χ0n) is 14.1. The van der Waals surface area contributed by atoms with E-state index in [-0.39, 0.29) is 6.10 Å². The maximum absolute atomic E-state index is 5.91. The molecule has 0 aliphatic carbocycles. The normalized spacial score (nSPS) is 10.7. The van der Waals surface area contributed by atoms with Crippen molar-refractivity contribution in [1.29, 1.82) is 0 Å². The highest BCUT2D eigenvalue weighted by Crippen LogP contribution is 2.33. The van der Waals surface area contributed by atoms with Gasteiger partial charge >= 0.3 is 0 Å². The Morgan fingerprint density at radius 2 is 1.86 bits per heavy atom. The van der Waals surface area contributed by atoms with E-state index in [1.807, 2.05) is 51.9 Å². The molecule has 0 saturated carbocycles. The standard InChI is InChI=1S/C17H24N4O/c1-11(2)22-15-9-12(3)7-8-14(15)20-17-16(21(5)6)13(4)18-10-19-17/h7-11H,1-6H3,(H,18,19,20). The van der Waals surface area contributed by atoms with E-state index in [2.05, 4.69) is 28.3 Å². The molecule has 5 nitrogen and oxygen atoms in total. The van der Waals surface area contributed by atoms with E-state index >= 15 is 0 Å². The van der Waals surface area contributed by atoms with Gasteiger partial charge in [-0.25, -0.2) is 9.97 Å². The number of nitrogens with zero attached hydrogens (tertiary/aromatic N) is 3. The Bertz CT molecular complexity index is 653. The van der Waals surface area contributed by atoms with Crippen LogP contribution >= 0.6 is 0 Å². The van der Waals surface area contributed by atoms with Gasteiger partial charge in [-0.05, 0) is 45.4 Å². The van der Waals surface area contributed by atoms with Crippen molar-refractivity contribution in [1.82, 2.24) is 9.97 Å². The van der Waals surface area contributed by atoms with Gasteiger partial charge in [0.25, 0.3) is 0 Å². The quantitative estimate of drug-likeness (QED) is 0.912. The topological polar surface area (TPSA) is 50.3 Å². The molecule has 0 bridgehead atoms. The molecule has 0 fully saturated rings. The van der Waals surface area contributed by atoms with Gasteiger partial charge < -0.3 is 15.0 Å². The maximum atomic E-state index is 5.91. The molecule has 0 unspecified atom stereocenters. The van der Waals surface area contributed by atoms with Crippen molar-refractivity contribution >= 4 is 17.2 Å². The van der Waals surface area contributed by atoms with Gasteiger partial charge in [0.1, 0.15) is 17.8 Å². The second-order valence-corrected chi connectivity index (χ2v) is 5.84. The van der Waals surface area contributed by atoms with Gasteiger partial charge in [-0.3, -0.25) is 0 Å². The number of rotatable bonds is 5. The summed E-state index contributed by atoms with van der Waals surface area (Å²) in [5.41, 5.74) is 3.97. The minimum atomic E-state index is 0.114. The Hall–Kier alpha value is -2.30. The van der Waals surface area contributed by atoms with E-state index in [4.69, 9.17) is 4.74 Å². The van der Waals surface area contributed by atoms with Crippen molar-refractivity contribution in [2.24, 2.45) is 0 Å². The minimum absolute atomic E-state index is 0.114. The fourth-order valence-electron chi connectivity index (χ4n) is 2.31. The summed E-state index contributed by atoms with van der Waals surface area (Å²) in [5, 5.41) is 3.38. The van der Waals surface area contributed by atoms with Crippen molar-refractivity contribution in [2.45, 2.75) is 33.8 Å². The third-order valence-corrected chi connectivity index (χ3v) is 3.21. The lowest BCUT2D eigenvalue weighted by atomic mass is 10.2. The Morgan fingerprint density at radius 3 is 2.50 bits per heavy atom. The molecule has 2 aromatic rings. The Kier molecular flexibility index (Phi) is 4.85. The predicted molar refractivity (Wildman–Crippen MR) is 91.3 cm³/mol. The average Bonchev–Trinajstić information content (AvgIpc) is 2.40. The predicted octanol–water partition coefficient (Wildman–Crippen LogP) is 3.69. The van der Waals surface area contributed by atoms with E-state index in [0.29, 0.717) is 0 Å². The molecular weight excluding hydrogens is 276 g/mol. The van der Waals surface area contributed by atoms with Gasteiger partial charge in [-0.15, -0.1) is 0 Å². The van der Waals surface area contributed by atoms with Crippen LogP contribution in [0.2, 0.25) is 0 Å². The zero-order chi connectivity index (χ0) is 16.3. The summed E-state index contributed by atoms with van der Waals surface area (Å²) in [6.07, 6.45) is 1.68. The third-order valence-electron chi connectivity index (χ3n) is 3.21. The van der Waals surface area contributed by atoms with Gasteiger partial charge in [0.2, 0.25) is 0 Å². The molecule has 5 heteroatoms. The Morgan fingerprint density at radius 1 is 1.14 bits per heavy atom. The van der Waals surface area contributed by atoms with Crippen LogP contribution in [0.3, 0.4) is 0 Å². The fourth-order valence-corrected chi connectivity index (χ4v) is 2.31. The monoisotopic (exact) mass is 300 g/mol. The van der Waals surface area contributed by atoms with Crippen molar-refractivity contribution < 1.29 is 4.74 Å². The molecule has 0 amide bonds. The molecule has 0 aliphatic heterocycles. The SMILES string of the molecule is Cc1ccc(Nc2ncnc(C)c2N(C)C)c(OC(C)C)c1. The van der Waals surface area contributed by atoms with Crippen LogP contribution in [-0.2, 0) is 0 Å². The summed E-state index contributed by atoms with van der Waals surface area (Å²) in [6.45, 7) is 8.07. The second kappa shape index (κ2) is 6.64. The number of anilines is 3. The third kappa shape index (κ3) is 3.67. The van der Waals surface area contributed by atoms with Crippen LogP contribution in [-0.4, -0.2) is 30.2 Å². The summed E-state index contributed by atoms with van der Waals surface area (Å²) in [5.74, 6) is 1.60. The number of hydrogen-bond acceptors (Lipinski definition) is 5. The Labute approximate surface area is 132 Å². The molecule has 118 valence electrons. The summed E-state index contributed by atoms with van der Waals surface area (Å²) < 4.78 is 5.91. The Balaban J connectivity index is 2.41. The number of aryl methyl sites for hydroxylation is 2. The summed E-state index contributed by atoms with van der Waals surface area (Å²) in [7, 11) is 3.97. The molecular formula is C17H24N4O. The maximum Gasteiger partial charge on any atom is 0.157 e. The lowest BCUT2D eigenvalue weighted by Crippen LogP contribution is -2.15. The lowest BCUT2D eigenvalue weighted by Gasteiger charge is -2.21. The van der Waals surface area contributed by atoms with Crippen LogP contribution in [0.25, 0.3) is 0 Å². The average molecular weight is 300 g/mol. The number of nitrogens with one attached hydrogen (secondary N) is 1. The lowest BCUT2D eigenvalue weighted by molar-refractivity contribution is 0.243.